The molecule has 0 radical (unpaired) electrons. The lowest BCUT2D eigenvalue weighted by Crippen LogP contribution is -2.43. The molecular weight excluding hydrogens is 428 g/mol. The van der Waals surface area contributed by atoms with Crippen LogP contribution in [-0.2, 0) is 6.54 Å². The summed E-state index contributed by atoms with van der Waals surface area (Å²) in [5.41, 5.74) is 4.48. The second kappa shape index (κ2) is 11.2. The smallest absolute Gasteiger partial charge is 0.203 e. The predicted molar refractivity (Wildman–Crippen MR) is 137 cm³/mol. The van der Waals surface area contributed by atoms with Gasteiger partial charge < -0.3 is 29.2 Å². The summed E-state index contributed by atoms with van der Waals surface area (Å²) >= 11 is 0. The molecule has 34 heavy (non-hydrogen) atoms. The SMILES string of the molecule is COc1ccccc1N(Cc1cccc(-c2cc(OC)c(OC)c(OC)c2)c1)C1CCNCC1. The highest BCUT2D eigenvalue weighted by Crippen LogP contribution is 2.41. The maximum absolute atomic E-state index is 5.72. The number of methoxy groups -OCH3 is 4. The summed E-state index contributed by atoms with van der Waals surface area (Å²) in [6.45, 7) is 2.85. The minimum atomic E-state index is 0.447. The number of nitrogens with one attached hydrogen (secondary N) is 1. The van der Waals surface area contributed by atoms with Crippen molar-refractivity contribution in [2.75, 3.05) is 46.4 Å². The minimum Gasteiger partial charge on any atom is -0.495 e. The Hall–Kier alpha value is -3.38. The molecule has 1 saturated heterocycles. The van der Waals surface area contributed by atoms with Gasteiger partial charge in [0.15, 0.2) is 11.5 Å². The molecule has 0 amide bonds. The van der Waals surface area contributed by atoms with Gasteiger partial charge in [-0.25, -0.2) is 0 Å². The Bertz CT molecular complexity index is 1070. The first-order valence-electron chi connectivity index (χ1n) is 11.7. The third-order valence-electron chi connectivity index (χ3n) is 6.42. The summed E-state index contributed by atoms with van der Waals surface area (Å²) in [5, 5.41) is 3.48. The summed E-state index contributed by atoms with van der Waals surface area (Å²) in [4.78, 5) is 2.49. The van der Waals surface area contributed by atoms with Gasteiger partial charge in [-0.2, -0.15) is 0 Å². The summed E-state index contributed by atoms with van der Waals surface area (Å²) in [5.74, 6) is 2.79. The lowest BCUT2D eigenvalue weighted by molar-refractivity contribution is 0.324. The normalized spacial score (nSPS) is 13.9. The highest BCUT2D eigenvalue weighted by molar-refractivity contribution is 5.71. The van der Waals surface area contributed by atoms with Crippen LogP contribution in [-0.4, -0.2) is 47.6 Å². The molecule has 1 aliphatic heterocycles. The molecule has 4 rings (SSSR count). The van der Waals surface area contributed by atoms with E-state index in [9.17, 15) is 0 Å². The zero-order valence-corrected chi connectivity index (χ0v) is 20.5. The number of rotatable bonds is 9. The fraction of sp³-hybridized carbons (Fsp3) is 0.357. The van der Waals surface area contributed by atoms with E-state index < -0.39 is 0 Å². The largest absolute Gasteiger partial charge is 0.495 e. The van der Waals surface area contributed by atoms with Crippen molar-refractivity contribution in [3.63, 3.8) is 0 Å². The lowest BCUT2D eigenvalue weighted by Gasteiger charge is -2.37. The fourth-order valence-corrected chi connectivity index (χ4v) is 4.69. The molecule has 0 spiro atoms. The number of benzene rings is 3. The van der Waals surface area contributed by atoms with E-state index in [0.717, 1.165) is 55.0 Å². The number of nitrogens with zero attached hydrogens (tertiary/aromatic N) is 1. The van der Waals surface area contributed by atoms with Crippen molar-refractivity contribution < 1.29 is 18.9 Å². The number of ether oxygens (including phenoxy) is 4. The monoisotopic (exact) mass is 462 g/mol. The molecular formula is C28H34N2O4. The zero-order valence-electron chi connectivity index (χ0n) is 20.5. The van der Waals surface area contributed by atoms with E-state index in [1.165, 1.54) is 5.56 Å². The van der Waals surface area contributed by atoms with Gasteiger partial charge in [-0.05, 0) is 73.0 Å². The van der Waals surface area contributed by atoms with Gasteiger partial charge in [0.1, 0.15) is 5.75 Å². The second-order valence-electron chi connectivity index (χ2n) is 8.40. The minimum absolute atomic E-state index is 0.447. The Kier molecular flexibility index (Phi) is 7.80. The first-order chi connectivity index (χ1) is 16.7. The second-order valence-corrected chi connectivity index (χ2v) is 8.40. The van der Waals surface area contributed by atoms with Crippen LogP contribution in [0.3, 0.4) is 0 Å². The van der Waals surface area contributed by atoms with Crippen LogP contribution in [0.4, 0.5) is 5.69 Å². The first-order valence-corrected chi connectivity index (χ1v) is 11.7. The molecule has 0 bridgehead atoms. The van der Waals surface area contributed by atoms with Crippen molar-refractivity contribution in [3.05, 3.63) is 66.2 Å². The number of para-hydroxylation sites is 2. The molecule has 1 heterocycles. The summed E-state index contributed by atoms with van der Waals surface area (Å²) in [7, 11) is 6.64. The molecule has 3 aromatic rings. The molecule has 6 heteroatoms. The number of anilines is 1. The average Bonchev–Trinajstić information content (AvgIpc) is 2.91. The summed E-state index contributed by atoms with van der Waals surface area (Å²) in [6, 6.07) is 21.4. The van der Waals surface area contributed by atoms with Gasteiger partial charge in [0, 0.05) is 12.6 Å². The molecule has 0 aromatic heterocycles. The van der Waals surface area contributed by atoms with Crippen molar-refractivity contribution in [1.29, 1.82) is 0 Å². The number of hydrogen-bond donors (Lipinski definition) is 1. The van der Waals surface area contributed by atoms with Gasteiger partial charge in [-0.15, -0.1) is 0 Å². The highest BCUT2D eigenvalue weighted by Gasteiger charge is 2.24. The summed E-state index contributed by atoms with van der Waals surface area (Å²) < 4.78 is 22.3. The van der Waals surface area contributed by atoms with Gasteiger partial charge in [0.05, 0.1) is 34.1 Å². The van der Waals surface area contributed by atoms with Crippen molar-refractivity contribution >= 4 is 5.69 Å². The van der Waals surface area contributed by atoms with Crippen LogP contribution < -0.4 is 29.2 Å². The standard InChI is InChI=1S/C28H34N2O4/c1-31-25-11-6-5-10-24(25)30(23-12-14-29-15-13-23)19-20-8-7-9-21(16-20)22-17-26(32-2)28(34-4)27(18-22)33-3/h5-11,16-18,23,29H,12-15,19H2,1-4H3. The van der Waals surface area contributed by atoms with Crippen molar-refractivity contribution in [2.45, 2.75) is 25.4 Å². The van der Waals surface area contributed by atoms with Crippen LogP contribution in [0, 0.1) is 0 Å². The van der Waals surface area contributed by atoms with Gasteiger partial charge in [0.2, 0.25) is 5.75 Å². The quantitative estimate of drug-likeness (QED) is 0.475. The molecule has 0 atom stereocenters. The molecule has 0 saturated carbocycles. The Labute approximate surface area is 202 Å². The fourth-order valence-electron chi connectivity index (χ4n) is 4.69. The number of hydrogen-bond acceptors (Lipinski definition) is 6. The van der Waals surface area contributed by atoms with E-state index in [4.69, 9.17) is 18.9 Å². The maximum atomic E-state index is 5.72. The molecule has 180 valence electrons. The van der Waals surface area contributed by atoms with Crippen molar-refractivity contribution in [1.82, 2.24) is 5.32 Å². The Morgan fingerprint density at radius 3 is 2.06 bits per heavy atom. The first kappa shape index (κ1) is 23.8. The average molecular weight is 463 g/mol. The van der Waals surface area contributed by atoms with E-state index >= 15 is 0 Å². The van der Waals surface area contributed by atoms with Gasteiger partial charge in [0.25, 0.3) is 0 Å². The van der Waals surface area contributed by atoms with Gasteiger partial charge in [-0.3, -0.25) is 0 Å². The van der Waals surface area contributed by atoms with E-state index in [1.807, 2.05) is 24.3 Å². The van der Waals surface area contributed by atoms with Crippen molar-refractivity contribution in [3.8, 4) is 34.1 Å². The molecule has 3 aromatic carbocycles. The Morgan fingerprint density at radius 2 is 1.41 bits per heavy atom. The summed E-state index contributed by atoms with van der Waals surface area (Å²) in [6.07, 6.45) is 2.20. The topological polar surface area (TPSA) is 52.2 Å². The molecule has 1 N–H and O–H groups in total. The molecule has 0 unspecified atom stereocenters. The van der Waals surface area contributed by atoms with Crippen LogP contribution in [0.5, 0.6) is 23.0 Å². The highest BCUT2D eigenvalue weighted by atomic mass is 16.5. The van der Waals surface area contributed by atoms with E-state index in [-0.39, 0.29) is 0 Å². The predicted octanol–water partition coefficient (Wildman–Crippen LogP) is 5.15. The van der Waals surface area contributed by atoms with E-state index in [1.54, 1.807) is 28.4 Å². The van der Waals surface area contributed by atoms with Crippen molar-refractivity contribution in [2.24, 2.45) is 0 Å². The molecule has 6 nitrogen and oxygen atoms in total. The number of piperidine rings is 1. The van der Waals surface area contributed by atoms with Crippen LogP contribution in [0.25, 0.3) is 11.1 Å². The van der Waals surface area contributed by atoms with E-state index in [2.05, 4.69) is 46.6 Å². The molecule has 0 aliphatic carbocycles. The maximum Gasteiger partial charge on any atom is 0.203 e. The van der Waals surface area contributed by atoms with E-state index in [0.29, 0.717) is 23.3 Å². The third kappa shape index (κ3) is 5.07. The van der Waals surface area contributed by atoms with Crippen LogP contribution in [0.1, 0.15) is 18.4 Å². The van der Waals surface area contributed by atoms with Crippen LogP contribution in [0.15, 0.2) is 60.7 Å². The zero-order chi connectivity index (χ0) is 23.9. The molecule has 1 fully saturated rings. The third-order valence-corrected chi connectivity index (χ3v) is 6.42. The van der Waals surface area contributed by atoms with Crippen LogP contribution >= 0.6 is 0 Å². The van der Waals surface area contributed by atoms with Gasteiger partial charge in [-0.1, -0.05) is 30.3 Å². The van der Waals surface area contributed by atoms with Crippen LogP contribution in [0.2, 0.25) is 0 Å². The van der Waals surface area contributed by atoms with Gasteiger partial charge >= 0.3 is 0 Å². The molecule has 1 aliphatic rings. The Balaban J connectivity index is 1.69. The Morgan fingerprint density at radius 1 is 0.735 bits per heavy atom. The lowest BCUT2D eigenvalue weighted by atomic mass is 9.99.